The van der Waals surface area contributed by atoms with Crippen molar-refractivity contribution in [1.82, 2.24) is 4.90 Å². The lowest BCUT2D eigenvalue weighted by Crippen LogP contribution is -2.37. The molecule has 0 unspecified atom stereocenters. The zero-order chi connectivity index (χ0) is 14.0. The highest BCUT2D eigenvalue weighted by molar-refractivity contribution is 6.31. The minimum absolute atomic E-state index is 0.146. The molecule has 1 aliphatic rings. The Balaban J connectivity index is 2.21. The number of aliphatic carboxylic acids is 1. The summed E-state index contributed by atoms with van der Waals surface area (Å²) in [5.41, 5.74) is -0.186. The fourth-order valence-electron chi connectivity index (χ4n) is 1.83. The van der Waals surface area contributed by atoms with Gasteiger partial charge in [-0.3, -0.25) is 9.59 Å². The highest BCUT2D eigenvalue weighted by Crippen LogP contribution is 2.30. The van der Waals surface area contributed by atoms with Crippen LogP contribution in [0.2, 0.25) is 5.02 Å². The second-order valence-electron chi connectivity index (χ2n) is 4.62. The van der Waals surface area contributed by atoms with Crippen LogP contribution in [0.3, 0.4) is 0 Å². The largest absolute Gasteiger partial charge is 0.480 e. The summed E-state index contributed by atoms with van der Waals surface area (Å²) >= 11 is 5.62. The fraction of sp³-hybridized carbons (Fsp3) is 0.385. The van der Waals surface area contributed by atoms with Crippen molar-refractivity contribution in [2.45, 2.75) is 12.8 Å². The van der Waals surface area contributed by atoms with Gasteiger partial charge in [0.05, 0.1) is 10.6 Å². The third-order valence-electron chi connectivity index (χ3n) is 2.97. The number of benzene rings is 1. The summed E-state index contributed by atoms with van der Waals surface area (Å²) in [7, 11) is 0. The van der Waals surface area contributed by atoms with Crippen LogP contribution in [0.15, 0.2) is 18.2 Å². The predicted molar refractivity (Wildman–Crippen MR) is 67.7 cm³/mol. The predicted octanol–water partition coefficient (Wildman–Crippen LogP) is 2.42. The molecule has 102 valence electrons. The van der Waals surface area contributed by atoms with Gasteiger partial charge in [-0.05, 0) is 30.9 Å². The van der Waals surface area contributed by atoms with Gasteiger partial charge < -0.3 is 10.0 Å². The van der Waals surface area contributed by atoms with Gasteiger partial charge in [-0.1, -0.05) is 17.7 Å². The van der Waals surface area contributed by atoms with Gasteiger partial charge in [0.15, 0.2) is 5.82 Å². The second kappa shape index (κ2) is 5.57. The van der Waals surface area contributed by atoms with E-state index in [1.54, 1.807) is 0 Å². The van der Waals surface area contributed by atoms with Crippen LogP contribution in [0.1, 0.15) is 23.2 Å². The van der Waals surface area contributed by atoms with E-state index in [-0.39, 0.29) is 10.6 Å². The highest BCUT2D eigenvalue weighted by Gasteiger charge is 2.29. The Morgan fingerprint density at radius 3 is 2.68 bits per heavy atom. The molecule has 19 heavy (non-hydrogen) atoms. The quantitative estimate of drug-likeness (QED) is 0.904. The number of carboxylic acids is 1. The first-order valence-corrected chi connectivity index (χ1v) is 6.32. The Bertz CT molecular complexity index is 517. The van der Waals surface area contributed by atoms with Gasteiger partial charge in [-0.25, -0.2) is 4.39 Å². The number of hydrogen-bond acceptors (Lipinski definition) is 2. The maximum Gasteiger partial charge on any atom is 0.323 e. The number of carboxylic acid groups (broad SMARTS) is 1. The number of nitrogens with zero attached hydrogens (tertiary/aromatic N) is 1. The molecular weight excluding hydrogens is 273 g/mol. The molecule has 0 atom stereocenters. The van der Waals surface area contributed by atoms with Crippen LogP contribution < -0.4 is 0 Å². The molecule has 6 heteroatoms. The van der Waals surface area contributed by atoms with E-state index in [0.717, 1.165) is 17.7 Å². The molecule has 2 rings (SSSR count). The van der Waals surface area contributed by atoms with Crippen molar-refractivity contribution in [3.05, 3.63) is 34.6 Å². The molecule has 0 spiro atoms. The summed E-state index contributed by atoms with van der Waals surface area (Å²) in [5.74, 6) is -2.23. The van der Waals surface area contributed by atoms with E-state index in [1.807, 2.05) is 0 Å². The van der Waals surface area contributed by atoms with E-state index < -0.39 is 24.2 Å². The van der Waals surface area contributed by atoms with Crippen LogP contribution in [0.5, 0.6) is 0 Å². The minimum atomic E-state index is -1.11. The number of hydrogen-bond donors (Lipinski definition) is 1. The van der Waals surface area contributed by atoms with Crippen molar-refractivity contribution in [2.24, 2.45) is 5.92 Å². The topological polar surface area (TPSA) is 57.6 Å². The first-order valence-electron chi connectivity index (χ1n) is 5.94. The summed E-state index contributed by atoms with van der Waals surface area (Å²) in [6, 6.07) is 4.12. The summed E-state index contributed by atoms with van der Waals surface area (Å²) in [6.07, 6.45) is 1.95. The van der Waals surface area contributed by atoms with E-state index in [9.17, 15) is 14.0 Å². The zero-order valence-electron chi connectivity index (χ0n) is 10.1. The Hall–Kier alpha value is -1.62. The monoisotopic (exact) mass is 285 g/mol. The normalized spacial score (nSPS) is 14.2. The van der Waals surface area contributed by atoms with Gasteiger partial charge in [0.2, 0.25) is 0 Å². The molecule has 1 N–H and O–H groups in total. The molecular formula is C13H13ClFNO3. The van der Waals surface area contributed by atoms with Crippen molar-refractivity contribution in [3.63, 3.8) is 0 Å². The molecule has 1 aromatic rings. The Labute approximate surface area is 114 Å². The van der Waals surface area contributed by atoms with Crippen LogP contribution in [-0.4, -0.2) is 35.0 Å². The van der Waals surface area contributed by atoms with Crippen molar-refractivity contribution in [1.29, 1.82) is 0 Å². The van der Waals surface area contributed by atoms with Gasteiger partial charge in [0.25, 0.3) is 5.91 Å². The van der Waals surface area contributed by atoms with E-state index in [2.05, 4.69) is 0 Å². The molecule has 0 aromatic heterocycles. The van der Waals surface area contributed by atoms with E-state index >= 15 is 0 Å². The smallest absolute Gasteiger partial charge is 0.323 e. The zero-order valence-corrected chi connectivity index (χ0v) is 10.9. The molecule has 1 saturated carbocycles. The maximum absolute atomic E-state index is 13.8. The molecule has 0 radical (unpaired) electrons. The Morgan fingerprint density at radius 1 is 1.42 bits per heavy atom. The first kappa shape index (κ1) is 13.8. The van der Waals surface area contributed by atoms with E-state index in [1.165, 1.54) is 18.2 Å². The van der Waals surface area contributed by atoms with Gasteiger partial charge in [0, 0.05) is 6.54 Å². The van der Waals surface area contributed by atoms with E-state index in [4.69, 9.17) is 16.7 Å². The molecule has 1 fully saturated rings. The third-order valence-corrected chi connectivity index (χ3v) is 3.26. The van der Waals surface area contributed by atoms with Gasteiger partial charge in [-0.2, -0.15) is 0 Å². The van der Waals surface area contributed by atoms with Crippen molar-refractivity contribution < 1.29 is 19.1 Å². The fourth-order valence-corrected chi connectivity index (χ4v) is 2.01. The van der Waals surface area contributed by atoms with Crippen molar-refractivity contribution >= 4 is 23.5 Å². The number of halogens is 2. The molecule has 0 aliphatic heterocycles. The molecule has 4 nitrogen and oxygen atoms in total. The SMILES string of the molecule is O=C(O)CN(CC1CC1)C(=O)c1cccc(Cl)c1F. The lowest BCUT2D eigenvalue weighted by Gasteiger charge is -2.21. The van der Waals surface area contributed by atoms with Gasteiger partial charge in [-0.15, -0.1) is 0 Å². The Morgan fingerprint density at radius 2 is 2.11 bits per heavy atom. The van der Waals surface area contributed by atoms with Crippen LogP contribution in [0.25, 0.3) is 0 Å². The summed E-state index contributed by atoms with van der Waals surface area (Å²) < 4.78 is 13.8. The van der Waals surface area contributed by atoms with Crippen molar-refractivity contribution in [2.75, 3.05) is 13.1 Å². The molecule has 1 aliphatic carbocycles. The maximum atomic E-state index is 13.8. The Kier molecular flexibility index (Phi) is 4.04. The van der Waals surface area contributed by atoms with Crippen LogP contribution in [-0.2, 0) is 4.79 Å². The summed E-state index contributed by atoms with van der Waals surface area (Å²) in [4.78, 5) is 24.1. The first-order chi connectivity index (χ1) is 8.99. The third kappa shape index (κ3) is 3.44. The van der Waals surface area contributed by atoms with Gasteiger partial charge in [0.1, 0.15) is 6.54 Å². The number of amides is 1. The average Bonchev–Trinajstić information content (AvgIpc) is 3.14. The number of carbonyl (C=O) groups excluding carboxylic acids is 1. The lowest BCUT2D eigenvalue weighted by atomic mass is 10.1. The van der Waals surface area contributed by atoms with E-state index in [0.29, 0.717) is 12.5 Å². The average molecular weight is 286 g/mol. The standard InChI is InChI=1S/C13H13ClFNO3/c14-10-3-1-2-9(12(10)15)13(19)16(7-11(17)18)6-8-4-5-8/h1-3,8H,4-7H2,(H,17,18). The number of rotatable bonds is 5. The highest BCUT2D eigenvalue weighted by atomic mass is 35.5. The molecule has 0 bridgehead atoms. The number of carbonyl (C=O) groups is 2. The summed E-state index contributed by atoms with van der Waals surface area (Å²) in [6.45, 7) is -0.0849. The van der Waals surface area contributed by atoms with Gasteiger partial charge >= 0.3 is 5.97 Å². The lowest BCUT2D eigenvalue weighted by molar-refractivity contribution is -0.137. The van der Waals surface area contributed by atoms with Crippen LogP contribution >= 0.6 is 11.6 Å². The van der Waals surface area contributed by atoms with Crippen LogP contribution in [0, 0.1) is 11.7 Å². The summed E-state index contributed by atoms with van der Waals surface area (Å²) in [5, 5.41) is 8.68. The molecule has 1 aromatic carbocycles. The molecule has 0 saturated heterocycles. The molecule has 1 amide bonds. The molecule has 0 heterocycles. The van der Waals surface area contributed by atoms with Crippen LogP contribution in [0.4, 0.5) is 4.39 Å². The minimum Gasteiger partial charge on any atom is -0.480 e. The van der Waals surface area contributed by atoms with Crippen molar-refractivity contribution in [3.8, 4) is 0 Å². The second-order valence-corrected chi connectivity index (χ2v) is 5.03.